The first-order valence-electron chi connectivity index (χ1n) is 5.63. The molecule has 0 aliphatic heterocycles. The summed E-state index contributed by atoms with van der Waals surface area (Å²) >= 11 is 0. The third-order valence-electron chi connectivity index (χ3n) is 2.99. The molecule has 0 unspecified atom stereocenters. The van der Waals surface area contributed by atoms with Crippen LogP contribution in [0.25, 0.3) is 5.69 Å². The minimum atomic E-state index is 0.551. The maximum absolute atomic E-state index is 9.09. The molecule has 0 saturated heterocycles. The van der Waals surface area contributed by atoms with Crippen LogP contribution in [0.4, 0.5) is 5.69 Å². The van der Waals surface area contributed by atoms with E-state index in [4.69, 9.17) is 11.0 Å². The quantitative estimate of drug-likeness (QED) is 0.795. The van der Waals surface area contributed by atoms with Gasteiger partial charge < -0.3 is 5.73 Å². The van der Waals surface area contributed by atoms with Crippen LogP contribution in [0.3, 0.4) is 0 Å². The Balaban J connectivity index is 2.04. The van der Waals surface area contributed by atoms with Gasteiger partial charge in [-0.25, -0.2) is 4.68 Å². The molecule has 2 aromatic rings. The maximum Gasteiger partial charge on any atom is 0.101 e. The Morgan fingerprint density at radius 2 is 2.18 bits per heavy atom. The molecule has 1 fully saturated rings. The molecule has 2 N–H and O–H groups in total. The van der Waals surface area contributed by atoms with Gasteiger partial charge in [0.15, 0.2) is 0 Å². The lowest BCUT2D eigenvalue weighted by Gasteiger charge is -2.04. The standard InChI is InChI=1S/C13H12N4/c14-8-10-7-11(15)3-4-13(10)17-6-5-12(16-17)9-1-2-9/h3-7,9H,1-2,15H2. The van der Waals surface area contributed by atoms with Crippen molar-refractivity contribution in [1.82, 2.24) is 9.78 Å². The number of nitrogens with zero attached hydrogens (tertiary/aromatic N) is 3. The summed E-state index contributed by atoms with van der Waals surface area (Å²) in [7, 11) is 0. The number of aromatic nitrogens is 2. The molecule has 1 aliphatic rings. The van der Waals surface area contributed by atoms with Crippen LogP contribution < -0.4 is 5.73 Å². The summed E-state index contributed by atoms with van der Waals surface area (Å²) in [5, 5.41) is 13.6. The molecule has 0 spiro atoms. The SMILES string of the molecule is N#Cc1cc(N)ccc1-n1ccc(C2CC2)n1. The highest BCUT2D eigenvalue weighted by molar-refractivity contribution is 5.56. The zero-order valence-corrected chi connectivity index (χ0v) is 9.30. The Morgan fingerprint density at radius 3 is 2.88 bits per heavy atom. The van der Waals surface area contributed by atoms with E-state index >= 15 is 0 Å². The molecule has 0 radical (unpaired) electrons. The molecule has 4 heteroatoms. The van der Waals surface area contributed by atoms with Gasteiger partial charge in [-0.1, -0.05) is 0 Å². The summed E-state index contributed by atoms with van der Waals surface area (Å²) in [5.41, 5.74) is 8.71. The van der Waals surface area contributed by atoms with E-state index in [1.165, 1.54) is 12.8 Å². The summed E-state index contributed by atoms with van der Waals surface area (Å²) in [6, 6.07) is 9.46. The topological polar surface area (TPSA) is 67.6 Å². The predicted molar refractivity (Wildman–Crippen MR) is 64.7 cm³/mol. The Labute approximate surface area is 99.3 Å². The zero-order valence-electron chi connectivity index (χ0n) is 9.30. The lowest BCUT2D eigenvalue weighted by Crippen LogP contribution is -2.00. The number of anilines is 1. The van der Waals surface area contributed by atoms with Crippen molar-refractivity contribution < 1.29 is 0 Å². The van der Waals surface area contributed by atoms with Crippen LogP contribution in [0, 0.1) is 11.3 Å². The number of nitrogen functional groups attached to an aromatic ring is 1. The average Bonchev–Trinajstić information content (AvgIpc) is 3.08. The molecule has 1 saturated carbocycles. The second kappa shape index (κ2) is 3.63. The summed E-state index contributed by atoms with van der Waals surface area (Å²) in [6.07, 6.45) is 4.35. The first kappa shape index (κ1) is 9.91. The van der Waals surface area contributed by atoms with Crippen LogP contribution in [-0.4, -0.2) is 9.78 Å². The summed E-state index contributed by atoms with van der Waals surface area (Å²) in [4.78, 5) is 0. The van der Waals surface area contributed by atoms with E-state index in [9.17, 15) is 0 Å². The average molecular weight is 224 g/mol. The first-order chi connectivity index (χ1) is 8.28. The number of benzene rings is 1. The minimum absolute atomic E-state index is 0.551. The van der Waals surface area contributed by atoms with Crippen LogP contribution in [0.5, 0.6) is 0 Å². The zero-order chi connectivity index (χ0) is 11.8. The Morgan fingerprint density at radius 1 is 1.35 bits per heavy atom. The maximum atomic E-state index is 9.09. The van der Waals surface area contributed by atoms with Gasteiger partial charge in [0.25, 0.3) is 0 Å². The van der Waals surface area contributed by atoms with Crippen molar-refractivity contribution in [3.8, 4) is 11.8 Å². The van der Waals surface area contributed by atoms with E-state index in [0.29, 0.717) is 17.2 Å². The summed E-state index contributed by atoms with van der Waals surface area (Å²) < 4.78 is 1.76. The fourth-order valence-electron chi connectivity index (χ4n) is 1.91. The van der Waals surface area contributed by atoms with Crippen LogP contribution in [0.1, 0.15) is 30.0 Å². The van der Waals surface area contributed by atoms with Crippen LogP contribution >= 0.6 is 0 Å². The third-order valence-corrected chi connectivity index (χ3v) is 2.99. The number of hydrogen-bond donors (Lipinski definition) is 1. The minimum Gasteiger partial charge on any atom is -0.399 e. The number of nitriles is 1. The van der Waals surface area contributed by atoms with E-state index in [2.05, 4.69) is 11.2 Å². The molecule has 4 nitrogen and oxygen atoms in total. The van der Waals surface area contributed by atoms with Gasteiger partial charge in [-0.15, -0.1) is 0 Å². The van der Waals surface area contributed by atoms with Crippen molar-refractivity contribution in [2.24, 2.45) is 0 Å². The van der Waals surface area contributed by atoms with Gasteiger partial charge in [-0.3, -0.25) is 0 Å². The molecule has 1 heterocycles. The highest BCUT2D eigenvalue weighted by Gasteiger charge is 2.26. The molecular weight excluding hydrogens is 212 g/mol. The van der Waals surface area contributed by atoms with E-state index in [1.54, 1.807) is 16.8 Å². The normalized spacial score (nSPS) is 14.5. The van der Waals surface area contributed by atoms with Crippen molar-refractivity contribution in [3.05, 3.63) is 41.7 Å². The highest BCUT2D eigenvalue weighted by Crippen LogP contribution is 2.39. The second-order valence-corrected chi connectivity index (χ2v) is 4.35. The van der Waals surface area contributed by atoms with Gasteiger partial charge in [-0.05, 0) is 37.1 Å². The highest BCUT2D eigenvalue weighted by atomic mass is 15.3. The molecule has 84 valence electrons. The fraction of sp³-hybridized carbons (Fsp3) is 0.231. The van der Waals surface area contributed by atoms with Gasteiger partial charge in [0, 0.05) is 17.8 Å². The Kier molecular flexibility index (Phi) is 2.12. The molecule has 0 amide bonds. The lowest BCUT2D eigenvalue weighted by molar-refractivity contribution is 0.835. The Bertz CT molecular complexity index is 602. The largest absolute Gasteiger partial charge is 0.399 e. The molecule has 3 rings (SSSR count). The number of hydrogen-bond acceptors (Lipinski definition) is 3. The fourth-order valence-corrected chi connectivity index (χ4v) is 1.91. The van der Waals surface area contributed by atoms with Crippen molar-refractivity contribution in [2.45, 2.75) is 18.8 Å². The molecule has 1 aromatic heterocycles. The smallest absolute Gasteiger partial charge is 0.101 e. The molecule has 0 atom stereocenters. The first-order valence-corrected chi connectivity index (χ1v) is 5.63. The van der Waals surface area contributed by atoms with Crippen molar-refractivity contribution in [2.75, 3.05) is 5.73 Å². The van der Waals surface area contributed by atoms with Crippen LogP contribution in [-0.2, 0) is 0 Å². The molecule has 1 aliphatic carbocycles. The van der Waals surface area contributed by atoms with Crippen molar-refractivity contribution >= 4 is 5.69 Å². The van der Waals surface area contributed by atoms with Gasteiger partial charge >= 0.3 is 0 Å². The van der Waals surface area contributed by atoms with Crippen molar-refractivity contribution in [1.29, 1.82) is 5.26 Å². The molecule has 1 aromatic carbocycles. The lowest BCUT2D eigenvalue weighted by atomic mass is 10.2. The predicted octanol–water partition coefficient (Wildman–Crippen LogP) is 2.20. The molecule has 17 heavy (non-hydrogen) atoms. The van der Waals surface area contributed by atoms with Gasteiger partial charge in [0.2, 0.25) is 0 Å². The van der Waals surface area contributed by atoms with Gasteiger partial charge in [-0.2, -0.15) is 10.4 Å². The van der Waals surface area contributed by atoms with E-state index < -0.39 is 0 Å². The Hall–Kier alpha value is -2.28. The van der Waals surface area contributed by atoms with Crippen LogP contribution in [0.15, 0.2) is 30.5 Å². The summed E-state index contributed by atoms with van der Waals surface area (Å²) in [6.45, 7) is 0. The van der Waals surface area contributed by atoms with Gasteiger partial charge in [0.1, 0.15) is 6.07 Å². The van der Waals surface area contributed by atoms with Crippen molar-refractivity contribution in [3.63, 3.8) is 0 Å². The summed E-state index contributed by atoms with van der Waals surface area (Å²) in [5.74, 6) is 0.621. The van der Waals surface area contributed by atoms with Gasteiger partial charge in [0.05, 0.1) is 16.9 Å². The van der Waals surface area contributed by atoms with E-state index in [0.717, 1.165) is 11.4 Å². The van der Waals surface area contributed by atoms with E-state index in [-0.39, 0.29) is 0 Å². The third kappa shape index (κ3) is 1.76. The van der Waals surface area contributed by atoms with E-state index in [1.807, 2.05) is 18.3 Å². The number of rotatable bonds is 2. The molecule has 0 bridgehead atoms. The monoisotopic (exact) mass is 224 g/mol. The number of nitrogens with two attached hydrogens (primary N) is 1. The molecular formula is C13H12N4. The second-order valence-electron chi connectivity index (χ2n) is 4.35. The van der Waals surface area contributed by atoms with Crippen LogP contribution in [0.2, 0.25) is 0 Å².